The van der Waals surface area contributed by atoms with Crippen LogP contribution in [0.5, 0.6) is 0 Å². The monoisotopic (exact) mass is 625 g/mol. The lowest BCUT2D eigenvalue weighted by molar-refractivity contribution is -0.120. The van der Waals surface area contributed by atoms with Gasteiger partial charge in [0, 0.05) is 49.0 Å². The SMILES string of the molecule is NC(=O)C(c1cccnc1)c1cccc(-c2csc(SCC(=O)NC3CCN(Cc4ccc(Cl)c(Cl)c4)CC3)n2)c1. The Morgan fingerprint density at radius 3 is 2.61 bits per heavy atom. The average Bonchev–Trinajstić information content (AvgIpc) is 3.45. The number of amides is 2. The summed E-state index contributed by atoms with van der Waals surface area (Å²) in [5, 5.41) is 6.28. The van der Waals surface area contributed by atoms with Crippen LogP contribution in [0.1, 0.15) is 35.4 Å². The third kappa shape index (κ3) is 7.87. The van der Waals surface area contributed by atoms with Gasteiger partial charge in [0.1, 0.15) is 0 Å². The smallest absolute Gasteiger partial charge is 0.230 e. The van der Waals surface area contributed by atoms with Crippen LogP contribution < -0.4 is 11.1 Å². The molecule has 5 rings (SSSR count). The molecular weight excluding hydrogens is 597 g/mol. The Kier molecular flexibility index (Phi) is 9.95. The fourth-order valence-electron chi connectivity index (χ4n) is 4.93. The number of aromatic nitrogens is 2. The molecule has 0 spiro atoms. The van der Waals surface area contributed by atoms with Gasteiger partial charge in [0.2, 0.25) is 11.8 Å². The van der Waals surface area contributed by atoms with E-state index in [2.05, 4.69) is 15.2 Å². The Balaban J connectivity index is 1.11. The lowest BCUT2D eigenvalue weighted by Gasteiger charge is -2.32. The molecular formula is C30H29Cl2N5O2S2. The van der Waals surface area contributed by atoms with E-state index >= 15 is 0 Å². The molecule has 1 aliphatic heterocycles. The number of piperidine rings is 1. The second-order valence-corrected chi connectivity index (χ2v) is 12.8. The number of halogens is 2. The Morgan fingerprint density at radius 2 is 1.88 bits per heavy atom. The van der Waals surface area contributed by atoms with Crippen LogP contribution in [0, 0.1) is 0 Å². The van der Waals surface area contributed by atoms with E-state index in [1.54, 1.807) is 18.5 Å². The number of carbonyl (C=O) groups excluding carboxylic acids is 2. The number of benzene rings is 2. The summed E-state index contributed by atoms with van der Waals surface area (Å²) < 4.78 is 0.815. The second-order valence-electron chi connectivity index (χ2n) is 9.90. The number of hydrogen-bond acceptors (Lipinski definition) is 7. The van der Waals surface area contributed by atoms with Crippen LogP contribution in [-0.4, -0.2) is 51.6 Å². The number of primary amides is 1. The Morgan fingerprint density at radius 1 is 1.07 bits per heavy atom. The molecule has 2 amide bonds. The van der Waals surface area contributed by atoms with Crippen molar-refractivity contribution in [1.29, 1.82) is 0 Å². The summed E-state index contributed by atoms with van der Waals surface area (Å²) in [6.07, 6.45) is 5.13. The molecule has 3 heterocycles. The van der Waals surface area contributed by atoms with Gasteiger partial charge in [0.25, 0.3) is 0 Å². The van der Waals surface area contributed by atoms with Gasteiger partial charge in [-0.15, -0.1) is 11.3 Å². The summed E-state index contributed by atoms with van der Waals surface area (Å²) in [5.74, 6) is -0.714. The number of likely N-dealkylation sites (tertiary alicyclic amines) is 1. The van der Waals surface area contributed by atoms with E-state index in [1.807, 2.05) is 53.9 Å². The van der Waals surface area contributed by atoms with E-state index in [9.17, 15) is 9.59 Å². The number of rotatable bonds is 10. The van der Waals surface area contributed by atoms with Crippen molar-refractivity contribution in [3.63, 3.8) is 0 Å². The molecule has 11 heteroatoms. The van der Waals surface area contributed by atoms with E-state index in [1.165, 1.54) is 23.1 Å². The Hall–Kier alpha value is -2.95. The number of thiazole rings is 1. The lowest BCUT2D eigenvalue weighted by atomic mass is 9.90. The molecule has 0 aliphatic carbocycles. The van der Waals surface area contributed by atoms with Gasteiger partial charge in [-0.3, -0.25) is 19.5 Å². The van der Waals surface area contributed by atoms with Crippen LogP contribution in [0.4, 0.5) is 0 Å². The zero-order chi connectivity index (χ0) is 28.8. The number of carbonyl (C=O) groups is 2. The van der Waals surface area contributed by atoms with E-state index in [4.69, 9.17) is 33.9 Å². The average molecular weight is 627 g/mol. The quantitative estimate of drug-likeness (QED) is 0.210. The molecule has 212 valence electrons. The fourth-order valence-corrected chi connectivity index (χ4v) is 6.90. The maximum Gasteiger partial charge on any atom is 0.230 e. The number of nitrogens with one attached hydrogen (secondary N) is 1. The van der Waals surface area contributed by atoms with E-state index in [0.29, 0.717) is 15.8 Å². The molecule has 1 atom stereocenters. The molecule has 0 saturated carbocycles. The van der Waals surface area contributed by atoms with Crippen molar-refractivity contribution in [2.45, 2.75) is 35.7 Å². The summed E-state index contributed by atoms with van der Waals surface area (Å²) >= 11 is 15.1. The van der Waals surface area contributed by atoms with E-state index in [-0.39, 0.29) is 11.9 Å². The van der Waals surface area contributed by atoms with Gasteiger partial charge >= 0.3 is 0 Å². The third-order valence-corrected chi connectivity index (χ3v) is 9.73. The van der Waals surface area contributed by atoms with Crippen molar-refractivity contribution in [2.24, 2.45) is 5.73 Å². The lowest BCUT2D eigenvalue weighted by Crippen LogP contribution is -2.44. The molecule has 2 aromatic carbocycles. The summed E-state index contributed by atoms with van der Waals surface area (Å²) in [6.45, 7) is 2.63. The summed E-state index contributed by atoms with van der Waals surface area (Å²) in [4.78, 5) is 36.2. The highest BCUT2D eigenvalue weighted by atomic mass is 35.5. The third-order valence-electron chi connectivity index (χ3n) is 6.97. The number of thioether (sulfide) groups is 1. The second kappa shape index (κ2) is 13.8. The molecule has 3 N–H and O–H groups in total. The van der Waals surface area contributed by atoms with Crippen LogP contribution in [0.25, 0.3) is 11.3 Å². The van der Waals surface area contributed by atoms with Crippen LogP contribution in [0.15, 0.2) is 76.7 Å². The van der Waals surface area contributed by atoms with Gasteiger partial charge in [-0.25, -0.2) is 4.98 Å². The predicted molar refractivity (Wildman–Crippen MR) is 166 cm³/mol. The van der Waals surface area contributed by atoms with Gasteiger partial charge in [0.05, 0.1) is 27.4 Å². The minimum Gasteiger partial charge on any atom is -0.369 e. The maximum atomic E-state index is 12.7. The highest BCUT2D eigenvalue weighted by Crippen LogP contribution is 2.32. The highest BCUT2D eigenvalue weighted by Gasteiger charge is 2.23. The van der Waals surface area contributed by atoms with Crippen molar-refractivity contribution in [2.75, 3.05) is 18.8 Å². The summed E-state index contributed by atoms with van der Waals surface area (Å²) in [7, 11) is 0. The number of pyridine rings is 1. The first-order valence-corrected chi connectivity index (χ1v) is 15.8. The van der Waals surface area contributed by atoms with Gasteiger partial charge in [-0.2, -0.15) is 0 Å². The van der Waals surface area contributed by atoms with Gasteiger partial charge < -0.3 is 11.1 Å². The maximum absolute atomic E-state index is 12.7. The molecule has 2 aromatic heterocycles. The number of nitrogens with two attached hydrogens (primary N) is 1. The molecule has 41 heavy (non-hydrogen) atoms. The highest BCUT2D eigenvalue weighted by molar-refractivity contribution is 8.01. The zero-order valence-electron chi connectivity index (χ0n) is 22.1. The first kappa shape index (κ1) is 29.5. The van der Waals surface area contributed by atoms with Gasteiger partial charge in [-0.05, 0) is 53.8 Å². The topological polar surface area (TPSA) is 101 Å². The number of hydrogen-bond donors (Lipinski definition) is 2. The minimum absolute atomic E-state index is 0.0115. The first-order chi connectivity index (χ1) is 19.9. The van der Waals surface area contributed by atoms with Crippen molar-refractivity contribution in [3.05, 3.63) is 99.1 Å². The molecule has 1 fully saturated rings. The summed E-state index contributed by atoms with van der Waals surface area (Å²) in [6, 6.07) is 17.2. The molecule has 0 bridgehead atoms. The standard InChI is InChI=1S/C30H29Cl2N5O2S2/c31-24-7-6-19(13-25(24)32)16-37-11-8-23(9-12-37)35-27(38)18-41-30-36-26(17-40-30)20-3-1-4-21(14-20)28(29(33)39)22-5-2-10-34-15-22/h1-7,10,13-15,17,23,28H,8-9,11-12,16,18H2,(H2,33,39)(H,35,38). The molecule has 7 nitrogen and oxygen atoms in total. The van der Waals surface area contributed by atoms with Crippen LogP contribution >= 0.6 is 46.3 Å². The first-order valence-electron chi connectivity index (χ1n) is 13.2. The molecule has 4 aromatic rings. The Labute approximate surface area is 257 Å². The Bertz CT molecular complexity index is 1510. The molecule has 1 aliphatic rings. The van der Waals surface area contributed by atoms with E-state index < -0.39 is 11.8 Å². The molecule has 0 radical (unpaired) electrons. The number of nitrogens with zero attached hydrogens (tertiary/aromatic N) is 3. The van der Waals surface area contributed by atoms with Crippen molar-refractivity contribution < 1.29 is 9.59 Å². The van der Waals surface area contributed by atoms with Crippen LogP contribution in [0.2, 0.25) is 10.0 Å². The largest absolute Gasteiger partial charge is 0.369 e. The van der Waals surface area contributed by atoms with Crippen molar-refractivity contribution in [3.8, 4) is 11.3 Å². The molecule has 1 saturated heterocycles. The van der Waals surface area contributed by atoms with Gasteiger partial charge in [-0.1, -0.05) is 65.3 Å². The zero-order valence-corrected chi connectivity index (χ0v) is 25.3. The predicted octanol–water partition coefficient (Wildman–Crippen LogP) is 6.00. The van der Waals surface area contributed by atoms with E-state index in [0.717, 1.165) is 64.8 Å². The van der Waals surface area contributed by atoms with Crippen molar-refractivity contribution >= 4 is 58.1 Å². The van der Waals surface area contributed by atoms with Gasteiger partial charge in [0.15, 0.2) is 4.34 Å². The minimum atomic E-state index is -0.595. The fraction of sp³-hybridized carbons (Fsp3) is 0.267. The van der Waals surface area contributed by atoms with Crippen molar-refractivity contribution in [1.82, 2.24) is 20.2 Å². The normalized spacial score (nSPS) is 15.0. The molecule has 1 unspecified atom stereocenters. The van der Waals surface area contributed by atoms with Crippen LogP contribution in [-0.2, 0) is 16.1 Å². The van der Waals surface area contributed by atoms with Crippen LogP contribution in [0.3, 0.4) is 0 Å². The summed E-state index contributed by atoms with van der Waals surface area (Å²) in [5.41, 5.74) is 10.1.